The fourth-order valence-electron chi connectivity index (χ4n) is 2.65. The minimum Gasteiger partial charge on any atom is -0.464 e. The molecule has 0 bridgehead atoms. The maximum Gasteiger partial charge on any atom is 0.134 e. The molecule has 1 unspecified atom stereocenters. The van der Waals surface area contributed by atoms with Gasteiger partial charge in [-0.2, -0.15) is 0 Å². The Bertz CT molecular complexity index is 518. The van der Waals surface area contributed by atoms with Crippen LogP contribution in [0, 0.1) is 5.92 Å². The molecule has 0 radical (unpaired) electrons. The molecule has 3 nitrogen and oxygen atoms in total. The van der Waals surface area contributed by atoms with E-state index >= 15 is 0 Å². The van der Waals surface area contributed by atoms with E-state index in [0.717, 1.165) is 18.5 Å². The molecule has 19 heavy (non-hydrogen) atoms. The van der Waals surface area contributed by atoms with Crippen LogP contribution in [0.25, 0.3) is 11.0 Å². The molecule has 1 aromatic carbocycles. The van der Waals surface area contributed by atoms with E-state index in [2.05, 4.69) is 37.9 Å². The molecule has 0 spiro atoms. The average molecular weight is 260 g/mol. The number of para-hydroxylation sites is 1. The van der Waals surface area contributed by atoms with Gasteiger partial charge in [0.25, 0.3) is 0 Å². The Balaban J connectivity index is 2.02. The molecule has 0 saturated heterocycles. The van der Waals surface area contributed by atoms with Gasteiger partial charge < -0.3 is 15.1 Å². The molecule has 2 aromatic rings. The molecule has 2 N–H and O–H groups in total. The number of fused-ring (bicyclic) bond motifs is 1. The van der Waals surface area contributed by atoms with Crippen molar-refractivity contribution in [2.75, 3.05) is 20.1 Å². The molecule has 1 heterocycles. The SMILES string of the molecule is CC(C)C(CN)N(C)CCc1coc2ccccc12. The van der Waals surface area contributed by atoms with Crippen molar-refractivity contribution in [2.24, 2.45) is 11.7 Å². The molecule has 104 valence electrons. The number of rotatable bonds is 6. The minimum absolute atomic E-state index is 0.443. The fourth-order valence-corrected chi connectivity index (χ4v) is 2.65. The first kappa shape index (κ1) is 14.1. The smallest absolute Gasteiger partial charge is 0.134 e. The summed E-state index contributed by atoms with van der Waals surface area (Å²) in [5, 5.41) is 1.23. The van der Waals surface area contributed by atoms with Crippen LogP contribution in [0.3, 0.4) is 0 Å². The molecule has 0 fully saturated rings. The van der Waals surface area contributed by atoms with E-state index in [9.17, 15) is 0 Å². The first-order chi connectivity index (χ1) is 9.13. The lowest BCUT2D eigenvalue weighted by atomic mass is 10.0. The summed E-state index contributed by atoms with van der Waals surface area (Å²) >= 11 is 0. The Hall–Kier alpha value is -1.32. The third-order valence-electron chi connectivity index (χ3n) is 3.87. The number of benzene rings is 1. The van der Waals surface area contributed by atoms with Crippen molar-refractivity contribution in [3.8, 4) is 0 Å². The normalized spacial score (nSPS) is 13.6. The van der Waals surface area contributed by atoms with Crippen LogP contribution in [0.4, 0.5) is 0 Å². The van der Waals surface area contributed by atoms with Crippen LogP contribution >= 0.6 is 0 Å². The van der Waals surface area contributed by atoms with Gasteiger partial charge in [0.1, 0.15) is 5.58 Å². The summed E-state index contributed by atoms with van der Waals surface area (Å²) in [5.41, 5.74) is 8.11. The Morgan fingerprint density at radius 2 is 2.00 bits per heavy atom. The van der Waals surface area contributed by atoms with Crippen molar-refractivity contribution in [1.82, 2.24) is 4.90 Å². The highest BCUT2D eigenvalue weighted by Crippen LogP contribution is 2.21. The molecule has 0 amide bonds. The topological polar surface area (TPSA) is 42.4 Å². The zero-order chi connectivity index (χ0) is 13.8. The molecule has 0 aliphatic heterocycles. The van der Waals surface area contributed by atoms with Gasteiger partial charge in [-0.05, 0) is 31.0 Å². The molecule has 1 atom stereocenters. The van der Waals surface area contributed by atoms with Gasteiger partial charge in [-0.3, -0.25) is 0 Å². The fraction of sp³-hybridized carbons (Fsp3) is 0.500. The van der Waals surface area contributed by atoms with E-state index in [0.29, 0.717) is 18.5 Å². The molecule has 1 aromatic heterocycles. The van der Waals surface area contributed by atoms with Crippen LogP contribution < -0.4 is 5.73 Å². The Labute approximate surface area is 115 Å². The van der Waals surface area contributed by atoms with Crippen molar-refractivity contribution in [1.29, 1.82) is 0 Å². The summed E-state index contributed by atoms with van der Waals surface area (Å²) in [6.45, 7) is 6.16. The number of hydrogen-bond acceptors (Lipinski definition) is 3. The van der Waals surface area contributed by atoms with Gasteiger partial charge in [-0.25, -0.2) is 0 Å². The van der Waals surface area contributed by atoms with Crippen molar-refractivity contribution >= 4 is 11.0 Å². The van der Waals surface area contributed by atoms with E-state index in [1.54, 1.807) is 0 Å². The maximum atomic E-state index is 5.85. The van der Waals surface area contributed by atoms with Crippen LogP contribution in [0.1, 0.15) is 19.4 Å². The van der Waals surface area contributed by atoms with E-state index in [4.69, 9.17) is 10.2 Å². The average Bonchev–Trinajstić information content (AvgIpc) is 2.80. The summed E-state index contributed by atoms with van der Waals surface area (Å²) in [5.74, 6) is 0.580. The van der Waals surface area contributed by atoms with E-state index in [1.807, 2.05) is 18.4 Å². The molecule has 0 aliphatic rings. The van der Waals surface area contributed by atoms with Crippen LogP contribution in [0.15, 0.2) is 34.9 Å². The number of likely N-dealkylation sites (N-methyl/N-ethyl adjacent to an activating group) is 1. The van der Waals surface area contributed by atoms with Crippen LogP contribution in [-0.2, 0) is 6.42 Å². The van der Waals surface area contributed by atoms with Crippen LogP contribution in [0.5, 0.6) is 0 Å². The zero-order valence-corrected chi connectivity index (χ0v) is 12.1. The lowest BCUT2D eigenvalue weighted by Gasteiger charge is -2.30. The van der Waals surface area contributed by atoms with Gasteiger partial charge in [0.15, 0.2) is 0 Å². The third-order valence-corrected chi connectivity index (χ3v) is 3.87. The highest BCUT2D eigenvalue weighted by Gasteiger charge is 2.17. The number of nitrogens with zero attached hydrogens (tertiary/aromatic N) is 1. The predicted molar refractivity (Wildman–Crippen MR) is 80.2 cm³/mol. The zero-order valence-electron chi connectivity index (χ0n) is 12.1. The van der Waals surface area contributed by atoms with Crippen molar-refractivity contribution in [3.63, 3.8) is 0 Å². The first-order valence-corrected chi connectivity index (χ1v) is 6.99. The highest BCUT2D eigenvalue weighted by atomic mass is 16.3. The van der Waals surface area contributed by atoms with Crippen LogP contribution in [-0.4, -0.2) is 31.1 Å². The van der Waals surface area contributed by atoms with Gasteiger partial charge >= 0.3 is 0 Å². The van der Waals surface area contributed by atoms with Gasteiger partial charge in [0, 0.05) is 24.5 Å². The number of hydrogen-bond donors (Lipinski definition) is 1. The Morgan fingerprint density at radius 1 is 1.26 bits per heavy atom. The Kier molecular flexibility index (Phi) is 4.61. The van der Waals surface area contributed by atoms with E-state index in [1.165, 1.54) is 10.9 Å². The lowest BCUT2D eigenvalue weighted by Crippen LogP contribution is -2.42. The predicted octanol–water partition coefficient (Wildman–Crippen LogP) is 2.89. The second kappa shape index (κ2) is 6.22. The molecular formula is C16H24N2O. The van der Waals surface area contributed by atoms with Crippen molar-refractivity contribution in [2.45, 2.75) is 26.3 Å². The lowest BCUT2D eigenvalue weighted by molar-refractivity contribution is 0.200. The first-order valence-electron chi connectivity index (χ1n) is 6.99. The number of nitrogens with two attached hydrogens (primary N) is 1. The van der Waals surface area contributed by atoms with Gasteiger partial charge in [-0.1, -0.05) is 32.0 Å². The quantitative estimate of drug-likeness (QED) is 0.868. The Morgan fingerprint density at radius 3 is 2.68 bits per heavy atom. The third kappa shape index (κ3) is 3.17. The van der Waals surface area contributed by atoms with E-state index in [-0.39, 0.29) is 0 Å². The summed E-state index contributed by atoms with van der Waals surface area (Å²) in [4.78, 5) is 2.35. The molecule has 3 heteroatoms. The highest BCUT2D eigenvalue weighted by molar-refractivity contribution is 5.80. The van der Waals surface area contributed by atoms with Gasteiger partial charge in [0.2, 0.25) is 0 Å². The standard InChI is InChI=1S/C16H24N2O/c1-12(2)15(10-17)18(3)9-8-13-11-19-16-7-5-4-6-14(13)16/h4-7,11-12,15H,8-10,17H2,1-3H3. The summed E-state index contributed by atoms with van der Waals surface area (Å²) in [6.07, 6.45) is 2.88. The van der Waals surface area contributed by atoms with Crippen molar-refractivity contribution < 1.29 is 4.42 Å². The second-order valence-corrected chi connectivity index (χ2v) is 5.53. The maximum absolute atomic E-state index is 5.85. The molecule has 2 rings (SSSR count). The largest absolute Gasteiger partial charge is 0.464 e. The monoisotopic (exact) mass is 260 g/mol. The molecular weight excluding hydrogens is 236 g/mol. The van der Waals surface area contributed by atoms with E-state index < -0.39 is 0 Å². The molecule has 0 aliphatic carbocycles. The second-order valence-electron chi connectivity index (χ2n) is 5.53. The summed E-state index contributed by atoms with van der Waals surface area (Å²) < 4.78 is 5.57. The number of furan rings is 1. The summed E-state index contributed by atoms with van der Waals surface area (Å²) in [6, 6.07) is 8.64. The van der Waals surface area contributed by atoms with Crippen molar-refractivity contribution in [3.05, 3.63) is 36.1 Å². The molecule has 0 saturated carbocycles. The van der Waals surface area contributed by atoms with Crippen LogP contribution in [0.2, 0.25) is 0 Å². The minimum atomic E-state index is 0.443. The summed E-state index contributed by atoms with van der Waals surface area (Å²) in [7, 11) is 2.15. The van der Waals surface area contributed by atoms with Gasteiger partial charge in [-0.15, -0.1) is 0 Å². The van der Waals surface area contributed by atoms with Gasteiger partial charge in [0.05, 0.1) is 6.26 Å².